The van der Waals surface area contributed by atoms with Crippen LogP contribution in [0, 0.1) is 5.92 Å². The fraction of sp³-hybridized carbons (Fsp3) is 0.448. The molecule has 5 rings (SSSR count). The predicted octanol–water partition coefficient (Wildman–Crippen LogP) is 4.29. The summed E-state index contributed by atoms with van der Waals surface area (Å²) in [6.07, 6.45) is -1.55. The van der Waals surface area contributed by atoms with Crippen molar-refractivity contribution < 1.29 is 41.8 Å². The third kappa shape index (κ3) is 6.60. The number of nitrogens with zero attached hydrogens (tertiary/aromatic N) is 2. The molecule has 2 aliphatic heterocycles. The minimum absolute atomic E-state index is 0.00405. The van der Waals surface area contributed by atoms with E-state index in [9.17, 15) is 32.3 Å². The highest BCUT2D eigenvalue weighted by Crippen LogP contribution is 2.35. The Kier molecular flexibility index (Phi) is 8.55. The number of fused-ring (bicyclic) bond motifs is 2. The molecule has 0 aromatic heterocycles. The first-order chi connectivity index (χ1) is 20.1. The highest BCUT2D eigenvalue weighted by molar-refractivity contribution is 6.01. The molecule has 2 aromatic rings. The molecule has 2 unspecified atom stereocenters. The third-order valence-electron chi connectivity index (χ3n) is 7.69. The van der Waals surface area contributed by atoms with Crippen LogP contribution in [0.2, 0.25) is 0 Å². The summed E-state index contributed by atoms with van der Waals surface area (Å²) in [5.74, 6) is -0.458. The van der Waals surface area contributed by atoms with E-state index in [1.807, 2.05) is 6.07 Å². The Morgan fingerprint density at radius 1 is 0.976 bits per heavy atom. The number of nitrogens with one attached hydrogen (secondary N) is 2. The highest BCUT2D eigenvalue weighted by atomic mass is 19.4. The molecule has 2 aromatic carbocycles. The summed E-state index contributed by atoms with van der Waals surface area (Å²) in [5, 5.41) is 5.25. The number of rotatable bonds is 9. The maximum Gasteiger partial charge on any atom is 0.416 e. The van der Waals surface area contributed by atoms with Crippen LogP contribution in [0.15, 0.2) is 42.5 Å². The first-order valence-electron chi connectivity index (χ1n) is 13.8. The van der Waals surface area contributed by atoms with Crippen molar-refractivity contribution in [3.05, 3.63) is 53.6 Å². The molecular formula is C29H31F3N4O6. The van der Waals surface area contributed by atoms with E-state index >= 15 is 0 Å². The standard InChI is InChI=1S/C29H31F3N4O6/c30-29(31,32)19-5-3-6-20(14-19)34-26(38)16-36-22-8-2-1-7-21(22)27(39)35(28(36)40)12-4-9-25(37)33-15-18-10-11-23-24(13-18)42-17-41-23/h3,5-6,10-11,13-14,21-22H,1-2,4,7-9,12,15-17H2,(H,33,37)(H,34,38). The number of amides is 5. The van der Waals surface area contributed by atoms with Crippen molar-refractivity contribution in [1.82, 2.24) is 15.1 Å². The van der Waals surface area contributed by atoms with Gasteiger partial charge in [0.05, 0.1) is 11.5 Å². The Morgan fingerprint density at radius 3 is 2.57 bits per heavy atom. The zero-order valence-electron chi connectivity index (χ0n) is 22.7. The lowest BCUT2D eigenvalue weighted by Gasteiger charge is -2.46. The van der Waals surface area contributed by atoms with Gasteiger partial charge in [-0.05, 0) is 55.2 Å². The summed E-state index contributed by atoms with van der Waals surface area (Å²) in [6, 6.07) is 8.51. The van der Waals surface area contributed by atoms with Gasteiger partial charge in [-0.15, -0.1) is 0 Å². The predicted molar refractivity (Wildman–Crippen MR) is 143 cm³/mol. The van der Waals surface area contributed by atoms with Gasteiger partial charge in [0.15, 0.2) is 11.5 Å². The largest absolute Gasteiger partial charge is 0.454 e. The number of imide groups is 1. The van der Waals surface area contributed by atoms with Crippen LogP contribution in [0.5, 0.6) is 11.5 Å². The number of carbonyl (C=O) groups excluding carboxylic acids is 4. The van der Waals surface area contributed by atoms with Crippen molar-refractivity contribution in [1.29, 1.82) is 0 Å². The van der Waals surface area contributed by atoms with E-state index in [-0.39, 0.29) is 50.2 Å². The zero-order chi connectivity index (χ0) is 29.9. The number of anilines is 1. The van der Waals surface area contributed by atoms with Gasteiger partial charge in [-0.1, -0.05) is 25.0 Å². The summed E-state index contributed by atoms with van der Waals surface area (Å²) in [6.45, 7) is 0.0221. The molecule has 1 saturated heterocycles. The number of halogens is 3. The molecule has 13 heteroatoms. The molecule has 2 atom stereocenters. The van der Waals surface area contributed by atoms with Gasteiger partial charge in [0.1, 0.15) is 6.54 Å². The molecule has 1 saturated carbocycles. The van der Waals surface area contributed by atoms with Gasteiger partial charge in [-0.2, -0.15) is 13.2 Å². The van der Waals surface area contributed by atoms with Gasteiger partial charge in [0, 0.05) is 31.2 Å². The van der Waals surface area contributed by atoms with Crippen molar-refractivity contribution >= 4 is 29.4 Å². The molecule has 0 radical (unpaired) electrons. The Labute approximate surface area is 240 Å². The van der Waals surface area contributed by atoms with E-state index in [0.717, 1.165) is 35.4 Å². The van der Waals surface area contributed by atoms with Crippen LogP contribution in [0.4, 0.5) is 23.7 Å². The average molecular weight is 589 g/mol. The van der Waals surface area contributed by atoms with Crippen molar-refractivity contribution in [3.8, 4) is 11.5 Å². The number of benzene rings is 2. The highest BCUT2D eigenvalue weighted by Gasteiger charge is 2.47. The number of alkyl halides is 3. The average Bonchev–Trinajstić information content (AvgIpc) is 3.44. The molecule has 42 heavy (non-hydrogen) atoms. The normalized spacial score (nSPS) is 19.9. The number of urea groups is 1. The number of carbonyl (C=O) groups is 4. The molecule has 224 valence electrons. The van der Waals surface area contributed by atoms with Crippen LogP contribution in [0.3, 0.4) is 0 Å². The third-order valence-corrected chi connectivity index (χ3v) is 7.69. The van der Waals surface area contributed by atoms with Crippen LogP contribution in [0.1, 0.15) is 49.7 Å². The molecule has 1 aliphatic carbocycles. The maximum atomic E-state index is 13.4. The van der Waals surface area contributed by atoms with Crippen molar-refractivity contribution in [2.24, 2.45) is 5.92 Å². The van der Waals surface area contributed by atoms with Crippen molar-refractivity contribution in [3.63, 3.8) is 0 Å². The minimum Gasteiger partial charge on any atom is -0.454 e. The van der Waals surface area contributed by atoms with E-state index < -0.39 is 42.2 Å². The Balaban J connectivity index is 1.17. The van der Waals surface area contributed by atoms with Gasteiger partial charge >= 0.3 is 12.2 Å². The topological polar surface area (TPSA) is 117 Å². The first-order valence-corrected chi connectivity index (χ1v) is 13.8. The SMILES string of the molecule is O=C(CCCN1C(=O)C2CCCCC2N(CC(=O)Nc2cccc(C(F)(F)F)c2)C1=O)NCc1ccc2c(c1)OCO2. The van der Waals surface area contributed by atoms with Crippen LogP contribution < -0.4 is 20.1 Å². The molecule has 0 bridgehead atoms. The van der Waals surface area contributed by atoms with Gasteiger partial charge in [-0.3, -0.25) is 19.3 Å². The lowest BCUT2D eigenvalue weighted by atomic mass is 9.81. The Morgan fingerprint density at radius 2 is 1.76 bits per heavy atom. The molecule has 3 aliphatic rings. The van der Waals surface area contributed by atoms with Gasteiger partial charge in [0.25, 0.3) is 0 Å². The molecule has 2 N–H and O–H groups in total. The van der Waals surface area contributed by atoms with Gasteiger partial charge in [-0.25, -0.2) is 4.79 Å². The van der Waals surface area contributed by atoms with Crippen molar-refractivity contribution in [2.75, 3.05) is 25.2 Å². The molecule has 2 fully saturated rings. The summed E-state index contributed by atoms with van der Waals surface area (Å²) in [7, 11) is 0. The number of ether oxygens (including phenoxy) is 2. The monoisotopic (exact) mass is 588 g/mol. The molecule has 0 spiro atoms. The van der Waals surface area contributed by atoms with Gasteiger partial charge in [0.2, 0.25) is 24.5 Å². The minimum atomic E-state index is -4.57. The zero-order valence-corrected chi connectivity index (χ0v) is 22.7. The molecule has 2 heterocycles. The van der Waals surface area contributed by atoms with E-state index in [4.69, 9.17) is 9.47 Å². The summed E-state index contributed by atoms with van der Waals surface area (Å²) in [4.78, 5) is 54.4. The van der Waals surface area contributed by atoms with E-state index in [0.29, 0.717) is 24.3 Å². The number of hydrogen-bond donors (Lipinski definition) is 2. The molecule has 10 nitrogen and oxygen atoms in total. The lowest BCUT2D eigenvalue weighted by Crippen LogP contribution is -2.63. The van der Waals surface area contributed by atoms with Crippen LogP contribution in [-0.4, -0.2) is 59.5 Å². The Bertz CT molecular complexity index is 1370. The fourth-order valence-electron chi connectivity index (χ4n) is 5.62. The smallest absolute Gasteiger partial charge is 0.416 e. The molecule has 5 amide bonds. The van der Waals surface area contributed by atoms with E-state index in [1.54, 1.807) is 12.1 Å². The number of hydrogen-bond acceptors (Lipinski definition) is 6. The second-order valence-electron chi connectivity index (χ2n) is 10.6. The summed E-state index contributed by atoms with van der Waals surface area (Å²) >= 11 is 0. The summed E-state index contributed by atoms with van der Waals surface area (Å²) in [5.41, 5.74) is -0.117. The van der Waals surface area contributed by atoms with Crippen LogP contribution in [-0.2, 0) is 27.1 Å². The fourth-order valence-corrected chi connectivity index (χ4v) is 5.62. The van der Waals surface area contributed by atoms with Crippen LogP contribution >= 0.6 is 0 Å². The quantitative estimate of drug-likeness (QED) is 0.452. The van der Waals surface area contributed by atoms with Gasteiger partial charge < -0.3 is 25.0 Å². The lowest BCUT2D eigenvalue weighted by molar-refractivity contribution is -0.142. The Hall–Kier alpha value is -4.29. The maximum absolute atomic E-state index is 13.4. The first kappa shape index (κ1) is 29.2. The second kappa shape index (κ2) is 12.3. The van der Waals surface area contributed by atoms with Crippen LogP contribution in [0.25, 0.3) is 0 Å². The van der Waals surface area contributed by atoms with Crippen molar-refractivity contribution in [2.45, 2.75) is 57.3 Å². The van der Waals surface area contributed by atoms with E-state index in [2.05, 4.69) is 10.6 Å². The summed E-state index contributed by atoms with van der Waals surface area (Å²) < 4.78 is 49.8. The molecular weight excluding hydrogens is 557 g/mol. The van der Waals surface area contributed by atoms with E-state index in [1.165, 1.54) is 17.0 Å². The second-order valence-corrected chi connectivity index (χ2v) is 10.6.